The number of hydrogen-bond acceptors (Lipinski definition) is 3. The Hall–Kier alpha value is -2.00. The first kappa shape index (κ1) is 11.1. The summed E-state index contributed by atoms with van der Waals surface area (Å²) < 4.78 is 11.1. The average molecular weight is 242 g/mol. The van der Waals surface area contributed by atoms with E-state index in [9.17, 15) is 5.11 Å². The van der Waals surface area contributed by atoms with E-state index in [1.807, 2.05) is 44.2 Å². The number of furan rings is 2. The summed E-state index contributed by atoms with van der Waals surface area (Å²) in [6.07, 6.45) is -0.856. The van der Waals surface area contributed by atoms with Crippen molar-refractivity contribution in [2.75, 3.05) is 0 Å². The van der Waals surface area contributed by atoms with E-state index >= 15 is 0 Å². The van der Waals surface area contributed by atoms with E-state index in [-0.39, 0.29) is 0 Å². The molecule has 3 aromatic rings. The Morgan fingerprint density at radius 1 is 1.00 bits per heavy atom. The van der Waals surface area contributed by atoms with Crippen LogP contribution in [0.2, 0.25) is 0 Å². The minimum absolute atomic E-state index is 0.504. The maximum Gasteiger partial charge on any atom is 0.169 e. The zero-order valence-electron chi connectivity index (χ0n) is 10.3. The number of fused-ring (bicyclic) bond motifs is 1. The third kappa shape index (κ3) is 1.73. The molecule has 2 aromatic heterocycles. The molecule has 3 rings (SSSR count). The zero-order chi connectivity index (χ0) is 12.7. The van der Waals surface area contributed by atoms with Gasteiger partial charge in [-0.1, -0.05) is 18.2 Å². The van der Waals surface area contributed by atoms with E-state index in [2.05, 4.69) is 0 Å². The highest BCUT2D eigenvalue weighted by atomic mass is 16.4. The predicted molar refractivity (Wildman–Crippen MR) is 68.5 cm³/mol. The Balaban J connectivity index is 2.06. The van der Waals surface area contributed by atoms with Gasteiger partial charge in [-0.2, -0.15) is 0 Å². The molecule has 3 nitrogen and oxygen atoms in total. The topological polar surface area (TPSA) is 46.5 Å². The zero-order valence-corrected chi connectivity index (χ0v) is 10.3. The van der Waals surface area contributed by atoms with Crippen molar-refractivity contribution >= 4 is 11.0 Å². The molecule has 1 aromatic carbocycles. The average Bonchev–Trinajstić information content (AvgIpc) is 2.95. The Bertz CT molecular complexity index is 691. The second kappa shape index (κ2) is 4.03. The van der Waals surface area contributed by atoms with Crippen LogP contribution in [0, 0.1) is 13.8 Å². The van der Waals surface area contributed by atoms with E-state index in [0.717, 1.165) is 22.3 Å². The molecule has 1 atom stereocenters. The summed E-state index contributed by atoms with van der Waals surface area (Å²) in [7, 11) is 0. The van der Waals surface area contributed by atoms with Crippen molar-refractivity contribution in [1.82, 2.24) is 0 Å². The van der Waals surface area contributed by atoms with Crippen LogP contribution >= 0.6 is 0 Å². The molecule has 2 heterocycles. The molecule has 0 saturated heterocycles. The number of rotatable bonds is 2. The lowest BCUT2D eigenvalue weighted by molar-refractivity contribution is 0.163. The fraction of sp³-hybridized carbons (Fsp3) is 0.200. The Kier molecular flexibility index (Phi) is 2.49. The van der Waals surface area contributed by atoms with Gasteiger partial charge in [0, 0.05) is 5.39 Å². The monoisotopic (exact) mass is 242 g/mol. The van der Waals surface area contributed by atoms with Gasteiger partial charge in [-0.15, -0.1) is 0 Å². The molecule has 18 heavy (non-hydrogen) atoms. The molecular formula is C15H14O3. The van der Waals surface area contributed by atoms with Gasteiger partial charge in [-0.3, -0.25) is 0 Å². The summed E-state index contributed by atoms with van der Waals surface area (Å²) in [6.45, 7) is 3.83. The highest BCUT2D eigenvalue weighted by Crippen LogP contribution is 2.30. The van der Waals surface area contributed by atoms with Crippen molar-refractivity contribution in [1.29, 1.82) is 0 Å². The molecule has 3 heteroatoms. The van der Waals surface area contributed by atoms with Crippen LogP contribution in [0.15, 0.2) is 45.2 Å². The SMILES string of the molecule is Cc1ccc(C(O)c2cc3cccc(C)c3o2)o1. The molecule has 0 bridgehead atoms. The second-order valence-electron chi connectivity index (χ2n) is 4.49. The molecule has 0 radical (unpaired) electrons. The molecule has 92 valence electrons. The standard InChI is InChI=1S/C15H14O3/c1-9-4-3-5-11-8-13(18-15(9)11)14(16)12-7-6-10(2)17-12/h3-8,14,16H,1-2H3. The van der Waals surface area contributed by atoms with Crippen LogP contribution < -0.4 is 0 Å². The molecule has 0 spiro atoms. The van der Waals surface area contributed by atoms with Crippen LogP contribution in [-0.4, -0.2) is 5.11 Å². The Labute approximate surface area is 105 Å². The van der Waals surface area contributed by atoms with Gasteiger partial charge in [0.05, 0.1) is 0 Å². The number of para-hydroxylation sites is 1. The molecule has 0 amide bonds. The number of aliphatic hydroxyl groups is 1. The predicted octanol–water partition coefficient (Wildman–Crippen LogP) is 3.72. The van der Waals surface area contributed by atoms with Crippen LogP contribution in [0.1, 0.15) is 28.9 Å². The van der Waals surface area contributed by atoms with Gasteiger partial charge in [0.25, 0.3) is 0 Å². The third-order valence-electron chi connectivity index (χ3n) is 3.06. The molecule has 1 N–H and O–H groups in total. The molecule has 0 aliphatic carbocycles. The number of aliphatic hydroxyl groups excluding tert-OH is 1. The van der Waals surface area contributed by atoms with Gasteiger partial charge >= 0.3 is 0 Å². The summed E-state index contributed by atoms with van der Waals surface area (Å²) in [5.41, 5.74) is 1.87. The Morgan fingerprint density at radius 3 is 2.50 bits per heavy atom. The smallest absolute Gasteiger partial charge is 0.169 e. The summed E-state index contributed by atoms with van der Waals surface area (Å²) in [5.74, 6) is 1.79. The molecule has 1 unspecified atom stereocenters. The van der Waals surface area contributed by atoms with Gasteiger partial charge in [-0.05, 0) is 37.6 Å². The highest BCUT2D eigenvalue weighted by Gasteiger charge is 2.19. The summed E-state index contributed by atoms with van der Waals surface area (Å²) in [4.78, 5) is 0. The minimum atomic E-state index is -0.856. The normalized spacial score (nSPS) is 13.1. The molecule has 0 aliphatic rings. The van der Waals surface area contributed by atoms with Crippen molar-refractivity contribution in [2.24, 2.45) is 0 Å². The van der Waals surface area contributed by atoms with Crippen molar-refractivity contribution in [3.05, 3.63) is 59.2 Å². The first-order chi connectivity index (χ1) is 8.65. The molecule has 0 fully saturated rings. The summed E-state index contributed by atoms with van der Waals surface area (Å²) >= 11 is 0. The molecule has 0 saturated carbocycles. The van der Waals surface area contributed by atoms with Gasteiger partial charge in [0.1, 0.15) is 22.9 Å². The van der Waals surface area contributed by atoms with Crippen molar-refractivity contribution < 1.29 is 13.9 Å². The largest absolute Gasteiger partial charge is 0.463 e. The van der Waals surface area contributed by atoms with Crippen molar-refractivity contribution in [3.63, 3.8) is 0 Å². The minimum Gasteiger partial charge on any atom is -0.463 e. The summed E-state index contributed by atoms with van der Waals surface area (Å²) in [6, 6.07) is 11.4. The first-order valence-electron chi connectivity index (χ1n) is 5.88. The fourth-order valence-electron chi connectivity index (χ4n) is 2.10. The van der Waals surface area contributed by atoms with Gasteiger partial charge < -0.3 is 13.9 Å². The number of benzene rings is 1. The van der Waals surface area contributed by atoms with E-state index in [0.29, 0.717) is 11.5 Å². The lowest BCUT2D eigenvalue weighted by atomic mass is 10.1. The van der Waals surface area contributed by atoms with Crippen LogP contribution in [-0.2, 0) is 0 Å². The van der Waals surface area contributed by atoms with Gasteiger partial charge in [0.2, 0.25) is 0 Å². The van der Waals surface area contributed by atoms with Gasteiger partial charge in [-0.25, -0.2) is 0 Å². The Morgan fingerprint density at radius 2 is 1.83 bits per heavy atom. The van der Waals surface area contributed by atoms with E-state index in [4.69, 9.17) is 8.83 Å². The van der Waals surface area contributed by atoms with Crippen LogP contribution in [0.5, 0.6) is 0 Å². The lowest BCUT2D eigenvalue weighted by Gasteiger charge is -2.03. The number of aryl methyl sites for hydroxylation is 2. The second-order valence-corrected chi connectivity index (χ2v) is 4.49. The lowest BCUT2D eigenvalue weighted by Crippen LogP contribution is -1.95. The third-order valence-corrected chi connectivity index (χ3v) is 3.06. The fourth-order valence-corrected chi connectivity index (χ4v) is 2.10. The molecular weight excluding hydrogens is 228 g/mol. The van der Waals surface area contributed by atoms with Crippen LogP contribution in [0.3, 0.4) is 0 Å². The summed E-state index contributed by atoms with van der Waals surface area (Å²) in [5, 5.41) is 11.2. The maximum atomic E-state index is 10.2. The van der Waals surface area contributed by atoms with Crippen LogP contribution in [0.4, 0.5) is 0 Å². The number of hydrogen-bond donors (Lipinski definition) is 1. The van der Waals surface area contributed by atoms with E-state index < -0.39 is 6.10 Å². The first-order valence-corrected chi connectivity index (χ1v) is 5.88. The molecule has 0 aliphatic heterocycles. The van der Waals surface area contributed by atoms with E-state index in [1.165, 1.54) is 0 Å². The van der Waals surface area contributed by atoms with Crippen LogP contribution in [0.25, 0.3) is 11.0 Å². The van der Waals surface area contributed by atoms with Gasteiger partial charge in [0.15, 0.2) is 6.10 Å². The van der Waals surface area contributed by atoms with Crippen molar-refractivity contribution in [3.8, 4) is 0 Å². The van der Waals surface area contributed by atoms with E-state index in [1.54, 1.807) is 6.07 Å². The quantitative estimate of drug-likeness (QED) is 0.744. The van der Waals surface area contributed by atoms with Crippen molar-refractivity contribution in [2.45, 2.75) is 20.0 Å². The highest BCUT2D eigenvalue weighted by molar-refractivity contribution is 5.81. The maximum absolute atomic E-state index is 10.2.